The molecule has 0 saturated heterocycles. The van der Waals surface area contributed by atoms with Crippen LogP contribution in [0.5, 0.6) is 0 Å². The van der Waals surface area contributed by atoms with Crippen LogP contribution in [0.1, 0.15) is 73.3 Å². The van der Waals surface area contributed by atoms with Gasteiger partial charge in [-0.15, -0.1) is 0 Å². The van der Waals surface area contributed by atoms with Crippen molar-refractivity contribution in [2.45, 2.75) is 86.0 Å². The number of amides is 3. The van der Waals surface area contributed by atoms with E-state index in [9.17, 15) is 19.2 Å². The summed E-state index contributed by atoms with van der Waals surface area (Å²) in [7, 11) is 1.39. The van der Waals surface area contributed by atoms with E-state index in [2.05, 4.69) is 10.7 Å². The molecule has 0 aromatic heterocycles. The van der Waals surface area contributed by atoms with Gasteiger partial charge in [0.25, 0.3) is 0 Å². The molecular weight excluding hydrogens is 462 g/mol. The van der Waals surface area contributed by atoms with E-state index in [0.717, 1.165) is 10.6 Å². The molecule has 36 heavy (non-hydrogen) atoms. The lowest BCUT2D eigenvalue weighted by Gasteiger charge is -2.27. The number of ketones is 1. The van der Waals surface area contributed by atoms with Crippen LogP contribution in [0.4, 0.5) is 9.59 Å². The van der Waals surface area contributed by atoms with Crippen LogP contribution in [0.2, 0.25) is 0 Å². The molecule has 0 aliphatic rings. The standard InChI is InChI=1S/C27H43N3O6/c1-18(2)14-21(24(32)29-30(8)26(34)36-27(5,6)7)16-23(31)22(15-19(3)4)28-25(33)35-17-20-12-10-9-11-13-20/h9-13,18-19,21-22H,14-17H2,1-8H3,(H,28,33)(H,29,32)/t21-,22+/m1/s1. The SMILES string of the molecule is CC(C)C[C@H](CC(=O)[C@H](CC(C)C)NC(=O)OCc1ccccc1)C(=O)NN(C)C(=O)OC(C)(C)C. The van der Waals surface area contributed by atoms with Gasteiger partial charge in [0.1, 0.15) is 12.2 Å². The van der Waals surface area contributed by atoms with Gasteiger partial charge in [-0.25, -0.2) is 14.6 Å². The Bertz CT molecular complexity index is 864. The van der Waals surface area contributed by atoms with E-state index >= 15 is 0 Å². The predicted molar refractivity (Wildman–Crippen MR) is 138 cm³/mol. The van der Waals surface area contributed by atoms with Gasteiger partial charge in [-0.05, 0) is 51.0 Å². The van der Waals surface area contributed by atoms with Gasteiger partial charge in [0.05, 0.1) is 6.04 Å². The number of ether oxygens (including phenoxy) is 2. The van der Waals surface area contributed by atoms with Crippen molar-refractivity contribution in [1.29, 1.82) is 0 Å². The summed E-state index contributed by atoms with van der Waals surface area (Å²) in [6, 6.07) is 8.46. The van der Waals surface area contributed by atoms with E-state index in [4.69, 9.17) is 9.47 Å². The van der Waals surface area contributed by atoms with Gasteiger partial charge < -0.3 is 14.8 Å². The van der Waals surface area contributed by atoms with E-state index in [-0.39, 0.29) is 30.6 Å². The number of carbonyl (C=O) groups is 4. The van der Waals surface area contributed by atoms with Crippen LogP contribution in [0.15, 0.2) is 30.3 Å². The second-order valence-electron chi connectivity index (χ2n) is 10.9. The Morgan fingerprint density at radius 2 is 1.53 bits per heavy atom. The molecule has 1 aromatic rings. The Hall–Kier alpha value is -3.10. The van der Waals surface area contributed by atoms with Gasteiger partial charge in [-0.3, -0.25) is 15.0 Å². The number of nitrogens with zero attached hydrogens (tertiary/aromatic N) is 1. The van der Waals surface area contributed by atoms with Crippen LogP contribution in [0, 0.1) is 17.8 Å². The Morgan fingerprint density at radius 1 is 0.944 bits per heavy atom. The highest BCUT2D eigenvalue weighted by Gasteiger charge is 2.30. The van der Waals surface area contributed by atoms with Crippen molar-refractivity contribution in [3.8, 4) is 0 Å². The summed E-state index contributed by atoms with van der Waals surface area (Å²) < 4.78 is 10.6. The number of carbonyl (C=O) groups excluding carboxylic acids is 4. The third-order valence-electron chi connectivity index (χ3n) is 5.12. The van der Waals surface area contributed by atoms with Crippen LogP contribution in [-0.2, 0) is 25.7 Å². The summed E-state index contributed by atoms with van der Waals surface area (Å²) in [6.07, 6.45) is -0.624. The van der Waals surface area contributed by atoms with Gasteiger partial charge in [0.15, 0.2) is 5.78 Å². The molecule has 0 fully saturated rings. The molecule has 9 heteroatoms. The molecule has 3 amide bonds. The molecule has 1 rings (SSSR count). The van der Waals surface area contributed by atoms with Crippen molar-refractivity contribution in [2.24, 2.45) is 17.8 Å². The zero-order chi connectivity index (χ0) is 27.5. The van der Waals surface area contributed by atoms with Crippen molar-refractivity contribution in [3.63, 3.8) is 0 Å². The highest BCUT2D eigenvalue weighted by Crippen LogP contribution is 2.20. The van der Waals surface area contributed by atoms with Crippen molar-refractivity contribution in [1.82, 2.24) is 15.8 Å². The number of rotatable bonds is 11. The lowest BCUT2D eigenvalue weighted by molar-refractivity contribution is -0.133. The summed E-state index contributed by atoms with van der Waals surface area (Å²) in [5.74, 6) is -1.14. The van der Waals surface area contributed by atoms with Crippen LogP contribution >= 0.6 is 0 Å². The smallest absolute Gasteiger partial charge is 0.428 e. The van der Waals surface area contributed by atoms with Gasteiger partial charge >= 0.3 is 12.2 Å². The maximum atomic E-state index is 13.2. The highest BCUT2D eigenvalue weighted by atomic mass is 16.6. The largest absolute Gasteiger partial charge is 0.445 e. The summed E-state index contributed by atoms with van der Waals surface area (Å²) in [5, 5.41) is 3.66. The minimum atomic E-state index is -0.792. The fraction of sp³-hybridized carbons (Fsp3) is 0.630. The molecule has 2 N–H and O–H groups in total. The first-order valence-electron chi connectivity index (χ1n) is 12.4. The second kappa shape index (κ2) is 14.5. The summed E-state index contributed by atoms with van der Waals surface area (Å²) in [4.78, 5) is 50.9. The number of hydrazine groups is 1. The summed E-state index contributed by atoms with van der Waals surface area (Å²) in [6.45, 7) is 13.1. The minimum Gasteiger partial charge on any atom is -0.445 e. The third-order valence-corrected chi connectivity index (χ3v) is 5.12. The molecular formula is C27H43N3O6. The van der Waals surface area contributed by atoms with Crippen LogP contribution in [-0.4, -0.2) is 47.6 Å². The Kier molecular flexibility index (Phi) is 12.4. The van der Waals surface area contributed by atoms with Crippen molar-refractivity contribution >= 4 is 23.9 Å². The van der Waals surface area contributed by atoms with E-state index in [1.54, 1.807) is 20.8 Å². The lowest BCUT2D eigenvalue weighted by atomic mass is 9.88. The predicted octanol–water partition coefficient (Wildman–Crippen LogP) is 4.85. The molecule has 2 atom stereocenters. The van der Waals surface area contributed by atoms with Crippen LogP contribution in [0.3, 0.4) is 0 Å². The summed E-state index contributed by atoms with van der Waals surface area (Å²) in [5.41, 5.74) is 2.65. The first-order valence-corrected chi connectivity index (χ1v) is 12.4. The summed E-state index contributed by atoms with van der Waals surface area (Å²) >= 11 is 0. The van der Waals surface area contributed by atoms with Crippen molar-refractivity contribution in [3.05, 3.63) is 35.9 Å². The molecule has 0 bridgehead atoms. The van der Waals surface area contributed by atoms with E-state index in [1.165, 1.54) is 7.05 Å². The van der Waals surface area contributed by atoms with Crippen LogP contribution < -0.4 is 10.7 Å². The number of hydrogen-bond acceptors (Lipinski definition) is 6. The Balaban J connectivity index is 2.85. The van der Waals surface area contributed by atoms with Crippen LogP contribution in [0.25, 0.3) is 0 Å². The maximum absolute atomic E-state index is 13.2. The van der Waals surface area contributed by atoms with Crippen molar-refractivity contribution in [2.75, 3.05) is 7.05 Å². The molecule has 9 nitrogen and oxygen atoms in total. The normalized spacial score (nSPS) is 13.1. The van der Waals surface area contributed by atoms with E-state index < -0.39 is 35.7 Å². The average Bonchev–Trinajstić information content (AvgIpc) is 2.75. The number of hydrogen-bond donors (Lipinski definition) is 2. The fourth-order valence-electron chi connectivity index (χ4n) is 3.52. The number of nitrogens with one attached hydrogen (secondary N) is 2. The van der Waals surface area contributed by atoms with E-state index in [1.807, 2.05) is 58.0 Å². The molecule has 0 spiro atoms. The molecule has 0 saturated carbocycles. The third kappa shape index (κ3) is 12.6. The van der Waals surface area contributed by atoms with E-state index in [0.29, 0.717) is 12.8 Å². The number of Topliss-reactive ketones (excluding diaryl/α,β-unsaturated/α-hetero) is 1. The molecule has 0 unspecified atom stereocenters. The molecule has 0 heterocycles. The monoisotopic (exact) mass is 505 g/mol. The zero-order valence-electron chi connectivity index (χ0n) is 22.9. The zero-order valence-corrected chi connectivity index (χ0v) is 22.9. The fourth-order valence-corrected chi connectivity index (χ4v) is 3.52. The number of alkyl carbamates (subject to hydrolysis) is 1. The lowest BCUT2D eigenvalue weighted by Crippen LogP contribution is -2.49. The maximum Gasteiger partial charge on any atom is 0.428 e. The second-order valence-corrected chi connectivity index (χ2v) is 10.9. The minimum absolute atomic E-state index is 0.0808. The molecule has 0 radical (unpaired) electrons. The topological polar surface area (TPSA) is 114 Å². The average molecular weight is 506 g/mol. The Morgan fingerprint density at radius 3 is 2.06 bits per heavy atom. The molecule has 0 aliphatic heterocycles. The van der Waals surface area contributed by atoms with Gasteiger partial charge in [-0.1, -0.05) is 58.0 Å². The van der Waals surface area contributed by atoms with Gasteiger partial charge in [0, 0.05) is 19.4 Å². The van der Waals surface area contributed by atoms with Gasteiger partial charge in [0.2, 0.25) is 5.91 Å². The van der Waals surface area contributed by atoms with Crippen molar-refractivity contribution < 1.29 is 28.7 Å². The Labute approximate surface area is 215 Å². The first kappa shape index (κ1) is 30.9. The molecule has 0 aliphatic carbocycles. The highest BCUT2D eigenvalue weighted by molar-refractivity contribution is 5.92. The van der Waals surface area contributed by atoms with Gasteiger partial charge in [-0.2, -0.15) is 0 Å². The number of benzene rings is 1. The molecule has 1 aromatic carbocycles. The quantitative estimate of drug-likeness (QED) is 0.416. The first-order chi connectivity index (χ1) is 16.7. The molecule has 202 valence electrons.